The fourth-order valence-corrected chi connectivity index (χ4v) is 2.56. The van der Waals surface area contributed by atoms with Crippen molar-refractivity contribution in [1.82, 2.24) is 9.88 Å². The highest BCUT2D eigenvalue weighted by molar-refractivity contribution is 5.94. The van der Waals surface area contributed by atoms with E-state index in [9.17, 15) is 14.3 Å². The molecule has 0 aliphatic rings. The summed E-state index contributed by atoms with van der Waals surface area (Å²) in [5, 5.41) is 13.2. The maximum atomic E-state index is 13.0. The van der Waals surface area contributed by atoms with Crippen LogP contribution in [-0.2, 0) is 5.60 Å². The standard InChI is InChI=1S/C20H19FN2O2/c1-20(25,16-6-8-17(21)9-7-16)14-22-19(24)15-4-10-18(11-5-15)23-12-2-3-13-23/h2-13,25H,14H2,1H3,(H,22,24). The second kappa shape index (κ2) is 6.91. The van der Waals surface area contributed by atoms with Crippen LogP contribution in [0.5, 0.6) is 0 Å². The Balaban J connectivity index is 1.65. The van der Waals surface area contributed by atoms with Crippen molar-refractivity contribution < 1.29 is 14.3 Å². The fourth-order valence-electron chi connectivity index (χ4n) is 2.56. The zero-order chi connectivity index (χ0) is 17.9. The van der Waals surface area contributed by atoms with Crippen molar-refractivity contribution in [3.05, 3.63) is 90.0 Å². The summed E-state index contributed by atoms with van der Waals surface area (Å²) in [5.74, 6) is -0.646. The minimum Gasteiger partial charge on any atom is -0.384 e. The highest BCUT2D eigenvalue weighted by Crippen LogP contribution is 2.20. The molecule has 4 nitrogen and oxygen atoms in total. The second-order valence-corrected chi connectivity index (χ2v) is 6.10. The first-order valence-corrected chi connectivity index (χ1v) is 7.96. The lowest BCUT2D eigenvalue weighted by molar-refractivity contribution is 0.0526. The van der Waals surface area contributed by atoms with E-state index in [1.807, 2.05) is 41.2 Å². The van der Waals surface area contributed by atoms with E-state index in [-0.39, 0.29) is 18.3 Å². The summed E-state index contributed by atoms with van der Waals surface area (Å²) in [6.45, 7) is 1.60. The average molecular weight is 338 g/mol. The number of carbonyl (C=O) groups excluding carboxylic acids is 1. The molecule has 0 aliphatic heterocycles. The molecule has 1 aromatic heterocycles. The van der Waals surface area contributed by atoms with Crippen molar-refractivity contribution in [2.24, 2.45) is 0 Å². The molecule has 0 saturated carbocycles. The van der Waals surface area contributed by atoms with Crippen LogP contribution < -0.4 is 5.32 Å². The number of amides is 1. The van der Waals surface area contributed by atoms with Gasteiger partial charge in [0.25, 0.3) is 5.91 Å². The number of nitrogens with one attached hydrogen (secondary N) is 1. The molecular weight excluding hydrogens is 319 g/mol. The van der Waals surface area contributed by atoms with Crippen molar-refractivity contribution in [3.8, 4) is 5.69 Å². The highest BCUT2D eigenvalue weighted by atomic mass is 19.1. The molecule has 1 amide bonds. The molecule has 0 aliphatic carbocycles. The molecule has 0 spiro atoms. The molecule has 0 saturated heterocycles. The van der Waals surface area contributed by atoms with E-state index >= 15 is 0 Å². The fraction of sp³-hybridized carbons (Fsp3) is 0.150. The number of hydrogen-bond donors (Lipinski definition) is 2. The van der Waals surface area contributed by atoms with Crippen LogP contribution in [0.1, 0.15) is 22.8 Å². The minimum atomic E-state index is -1.28. The largest absolute Gasteiger partial charge is 0.384 e. The lowest BCUT2D eigenvalue weighted by Gasteiger charge is -2.24. The maximum Gasteiger partial charge on any atom is 0.251 e. The van der Waals surface area contributed by atoms with Crippen LogP contribution in [0.3, 0.4) is 0 Å². The summed E-state index contributed by atoms with van der Waals surface area (Å²) in [5.41, 5.74) is 0.719. The van der Waals surface area contributed by atoms with Gasteiger partial charge in [-0.3, -0.25) is 4.79 Å². The van der Waals surface area contributed by atoms with Gasteiger partial charge in [-0.15, -0.1) is 0 Å². The van der Waals surface area contributed by atoms with Gasteiger partial charge >= 0.3 is 0 Å². The van der Waals surface area contributed by atoms with Gasteiger partial charge < -0.3 is 15.0 Å². The first-order valence-electron chi connectivity index (χ1n) is 7.96. The van der Waals surface area contributed by atoms with Gasteiger partial charge in [0.15, 0.2) is 0 Å². The van der Waals surface area contributed by atoms with Gasteiger partial charge in [-0.25, -0.2) is 4.39 Å². The van der Waals surface area contributed by atoms with Gasteiger partial charge in [0.1, 0.15) is 11.4 Å². The molecule has 25 heavy (non-hydrogen) atoms. The molecule has 128 valence electrons. The normalized spacial score (nSPS) is 13.2. The number of aromatic nitrogens is 1. The summed E-state index contributed by atoms with van der Waals surface area (Å²) >= 11 is 0. The summed E-state index contributed by atoms with van der Waals surface area (Å²) in [6.07, 6.45) is 3.85. The highest BCUT2D eigenvalue weighted by Gasteiger charge is 2.24. The van der Waals surface area contributed by atoms with E-state index in [1.54, 1.807) is 19.1 Å². The lowest BCUT2D eigenvalue weighted by Crippen LogP contribution is -2.38. The number of hydrogen-bond acceptors (Lipinski definition) is 2. The van der Waals surface area contributed by atoms with E-state index in [2.05, 4.69) is 5.32 Å². The van der Waals surface area contributed by atoms with Crippen LogP contribution in [0.2, 0.25) is 0 Å². The Labute approximate surface area is 145 Å². The van der Waals surface area contributed by atoms with Gasteiger partial charge in [0, 0.05) is 23.6 Å². The molecule has 0 radical (unpaired) electrons. The molecule has 1 unspecified atom stereocenters. The average Bonchev–Trinajstić information content (AvgIpc) is 3.15. The van der Waals surface area contributed by atoms with E-state index in [4.69, 9.17) is 0 Å². The molecular formula is C20H19FN2O2. The van der Waals surface area contributed by atoms with Gasteiger partial charge in [0.2, 0.25) is 0 Å². The van der Waals surface area contributed by atoms with Crippen LogP contribution in [-0.4, -0.2) is 22.1 Å². The van der Waals surface area contributed by atoms with Crippen LogP contribution in [0.15, 0.2) is 73.1 Å². The molecule has 0 bridgehead atoms. The summed E-state index contributed by atoms with van der Waals surface area (Å²) < 4.78 is 14.9. The molecule has 2 N–H and O–H groups in total. The number of aliphatic hydroxyl groups is 1. The summed E-state index contributed by atoms with van der Waals surface area (Å²) in [4.78, 5) is 12.3. The zero-order valence-corrected chi connectivity index (χ0v) is 13.8. The van der Waals surface area contributed by atoms with Crippen LogP contribution in [0, 0.1) is 5.82 Å². The van der Waals surface area contributed by atoms with Gasteiger partial charge in [-0.1, -0.05) is 12.1 Å². The Morgan fingerprint density at radius 3 is 2.28 bits per heavy atom. The number of benzene rings is 2. The summed E-state index contributed by atoms with van der Waals surface area (Å²) in [6, 6.07) is 16.6. The van der Waals surface area contributed by atoms with Crippen molar-refractivity contribution in [2.45, 2.75) is 12.5 Å². The molecule has 0 fully saturated rings. The smallest absolute Gasteiger partial charge is 0.251 e. The Hall–Kier alpha value is -2.92. The quantitative estimate of drug-likeness (QED) is 0.750. The lowest BCUT2D eigenvalue weighted by atomic mass is 9.96. The zero-order valence-electron chi connectivity index (χ0n) is 13.8. The van der Waals surface area contributed by atoms with Crippen LogP contribution in [0.4, 0.5) is 4.39 Å². The Bertz CT molecular complexity index is 838. The number of nitrogens with zero attached hydrogens (tertiary/aromatic N) is 1. The van der Waals surface area contributed by atoms with Crippen molar-refractivity contribution in [3.63, 3.8) is 0 Å². The first-order chi connectivity index (χ1) is 12.0. The number of carbonyl (C=O) groups is 1. The Morgan fingerprint density at radius 1 is 1.08 bits per heavy atom. The third-order valence-corrected chi connectivity index (χ3v) is 4.09. The van der Waals surface area contributed by atoms with Crippen LogP contribution in [0.25, 0.3) is 5.69 Å². The van der Waals surface area contributed by atoms with Gasteiger partial charge in [0.05, 0.1) is 6.54 Å². The van der Waals surface area contributed by atoms with E-state index in [0.29, 0.717) is 11.1 Å². The second-order valence-electron chi connectivity index (χ2n) is 6.10. The third kappa shape index (κ3) is 3.95. The number of rotatable bonds is 5. The van der Waals surface area contributed by atoms with Crippen molar-refractivity contribution in [2.75, 3.05) is 6.54 Å². The monoisotopic (exact) mass is 338 g/mol. The van der Waals surface area contributed by atoms with Crippen molar-refractivity contribution in [1.29, 1.82) is 0 Å². The Morgan fingerprint density at radius 2 is 1.68 bits per heavy atom. The summed E-state index contributed by atoms with van der Waals surface area (Å²) in [7, 11) is 0. The molecule has 3 aromatic rings. The maximum absolute atomic E-state index is 13.0. The predicted octanol–water partition coefficient (Wildman–Crippen LogP) is 3.25. The first kappa shape index (κ1) is 16.9. The van der Waals surface area contributed by atoms with Crippen molar-refractivity contribution >= 4 is 5.91 Å². The van der Waals surface area contributed by atoms with E-state index in [0.717, 1.165) is 5.69 Å². The Kier molecular flexibility index (Phi) is 4.67. The molecule has 2 aromatic carbocycles. The predicted molar refractivity (Wildman–Crippen MR) is 94.1 cm³/mol. The molecule has 1 atom stereocenters. The van der Waals surface area contributed by atoms with E-state index in [1.165, 1.54) is 24.3 Å². The van der Waals surface area contributed by atoms with Gasteiger partial charge in [-0.05, 0) is 61.0 Å². The molecule has 5 heteroatoms. The topological polar surface area (TPSA) is 54.3 Å². The van der Waals surface area contributed by atoms with Crippen LogP contribution >= 0.6 is 0 Å². The van der Waals surface area contributed by atoms with E-state index < -0.39 is 5.60 Å². The van der Waals surface area contributed by atoms with Gasteiger partial charge in [-0.2, -0.15) is 0 Å². The third-order valence-electron chi connectivity index (χ3n) is 4.09. The SMILES string of the molecule is CC(O)(CNC(=O)c1ccc(-n2cccc2)cc1)c1ccc(F)cc1. The molecule has 1 heterocycles. The minimum absolute atomic E-state index is 0.0246. The molecule has 3 rings (SSSR count). The number of halogens is 1.